The molecule has 160 valence electrons. The summed E-state index contributed by atoms with van der Waals surface area (Å²) in [6.45, 7) is 2.45. The van der Waals surface area contributed by atoms with Crippen LogP contribution in [0.2, 0.25) is 0 Å². The summed E-state index contributed by atoms with van der Waals surface area (Å²) in [5.41, 5.74) is 10.6. The number of hydrogen-bond acceptors (Lipinski definition) is 8. The van der Waals surface area contributed by atoms with E-state index in [1.165, 1.54) is 13.8 Å². The quantitative estimate of drug-likeness (QED) is 0.147. The van der Waals surface area contributed by atoms with E-state index in [0.29, 0.717) is 0 Å². The molecule has 4 amide bonds. The van der Waals surface area contributed by atoms with Crippen LogP contribution in [0.25, 0.3) is 0 Å². The minimum absolute atomic E-state index is 0.00327. The lowest BCUT2D eigenvalue weighted by atomic mass is 10.1. The maximum Gasteiger partial charge on any atom is 0.325 e. The van der Waals surface area contributed by atoms with Crippen molar-refractivity contribution in [3.63, 3.8) is 0 Å². The zero-order valence-electron chi connectivity index (χ0n) is 15.5. The standard InChI is InChI=1S/C15H27N5O7S/c1-6(15(26)27)18-13(24)9(3-4-10(17)22)19-14(25)11(7(2)21)20-12(23)8(16)5-28/h6-9,11,21,28H,3-5,16H2,1-2H3,(H2,17,22)(H,18,24)(H,19,25)(H,20,23)(H,26,27). The molecular weight excluding hydrogens is 394 g/mol. The van der Waals surface area contributed by atoms with E-state index in [9.17, 15) is 29.1 Å². The number of primary amides is 1. The van der Waals surface area contributed by atoms with Gasteiger partial charge in [-0.3, -0.25) is 24.0 Å². The van der Waals surface area contributed by atoms with Crippen molar-refractivity contribution in [2.75, 3.05) is 5.75 Å². The summed E-state index contributed by atoms with van der Waals surface area (Å²) in [7, 11) is 0. The lowest BCUT2D eigenvalue weighted by Gasteiger charge is -2.25. The second-order valence-corrected chi connectivity index (χ2v) is 6.52. The van der Waals surface area contributed by atoms with Gasteiger partial charge in [0.1, 0.15) is 18.1 Å². The molecule has 0 fully saturated rings. The molecule has 0 aromatic carbocycles. The van der Waals surface area contributed by atoms with E-state index in [2.05, 4.69) is 28.6 Å². The molecule has 0 aliphatic carbocycles. The summed E-state index contributed by atoms with van der Waals surface area (Å²) in [4.78, 5) is 58.5. The van der Waals surface area contributed by atoms with Gasteiger partial charge < -0.3 is 37.6 Å². The van der Waals surface area contributed by atoms with Crippen molar-refractivity contribution in [1.29, 1.82) is 0 Å². The monoisotopic (exact) mass is 421 g/mol. The third-order valence-corrected chi connectivity index (χ3v) is 4.03. The zero-order valence-corrected chi connectivity index (χ0v) is 16.4. The lowest BCUT2D eigenvalue weighted by Crippen LogP contribution is -2.59. The van der Waals surface area contributed by atoms with Crippen LogP contribution in [0.5, 0.6) is 0 Å². The largest absolute Gasteiger partial charge is 0.480 e. The van der Waals surface area contributed by atoms with Crippen LogP contribution in [0.4, 0.5) is 0 Å². The van der Waals surface area contributed by atoms with Gasteiger partial charge >= 0.3 is 5.97 Å². The van der Waals surface area contributed by atoms with Crippen LogP contribution in [0, 0.1) is 0 Å². The summed E-state index contributed by atoms with van der Waals surface area (Å²) in [6.07, 6.45) is -1.82. The summed E-state index contributed by atoms with van der Waals surface area (Å²) in [5.74, 6) is -4.58. The number of rotatable bonds is 12. The van der Waals surface area contributed by atoms with Gasteiger partial charge in [-0.15, -0.1) is 0 Å². The lowest BCUT2D eigenvalue weighted by molar-refractivity contribution is -0.142. The molecule has 12 nitrogen and oxygen atoms in total. The SMILES string of the molecule is CC(NC(=O)C(CCC(N)=O)NC(=O)C(NC(=O)C(N)CS)C(C)O)C(=O)O. The molecular formula is C15H27N5O7S. The molecule has 0 rings (SSSR count). The second kappa shape index (κ2) is 12.2. The van der Waals surface area contributed by atoms with E-state index in [1.54, 1.807) is 0 Å². The predicted molar refractivity (Wildman–Crippen MR) is 101 cm³/mol. The average Bonchev–Trinajstić information content (AvgIpc) is 2.60. The van der Waals surface area contributed by atoms with Gasteiger partial charge in [0.2, 0.25) is 23.6 Å². The third kappa shape index (κ3) is 9.01. The molecule has 28 heavy (non-hydrogen) atoms. The highest BCUT2D eigenvalue weighted by atomic mass is 32.1. The molecule has 0 radical (unpaired) electrons. The summed E-state index contributed by atoms with van der Waals surface area (Å²) in [5, 5.41) is 25.3. The van der Waals surface area contributed by atoms with E-state index in [0.717, 1.165) is 0 Å². The molecule has 5 atom stereocenters. The van der Waals surface area contributed by atoms with Gasteiger partial charge in [-0.1, -0.05) is 0 Å². The highest BCUT2D eigenvalue weighted by Crippen LogP contribution is 2.02. The number of hydrogen-bond donors (Lipinski definition) is 8. The van der Waals surface area contributed by atoms with E-state index in [4.69, 9.17) is 16.6 Å². The van der Waals surface area contributed by atoms with Gasteiger partial charge in [-0.25, -0.2) is 0 Å². The first-order chi connectivity index (χ1) is 12.9. The molecule has 9 N–H and O–H groups in total. The van der Waals surface area contributed by atoms with Crippen LogP contribution in [-0.2, 0) is 24.0 Å². The number of amides is 4. The molecule has 0 aromatic rings. The van der Waals surface area contributed by atoms with Gasteiger partial charge in [0, 0.05) is 12.2 Å². The topological polar surface area (TPSA) is 214 Å². The zero-order chi connectivity index (χ0) is 22.0. The van der Waals surface area contributed by atoms with Crippen LogP contribution < -0.4 is 27.4 Å². The Balaban J connectivity index is 5.29. The van der Waals surface area contributed by atoms with Crippen molar-refractivity contribution in [2.24, 2.45) is 11.5 Å². The van der Waals surface area contributed by atoms with Crippen LogP contribution in [-0.4, -0.2) is 75.8 Å². The molecule has 0 aromatic heterocycles. The molecule has 0 aliphatic heterocycles. The number of aliphatic hydroxyl groups is 1. The maximum absolute atomic E-state index is 12.5. The first kappa shape index (κ1) is 25.6. The number of aliphatic hydroxyl groups excluding tert-OH is 1. The fourth-order valence-electron chi connectivity index (χ4n) is 1.94. The Kier molecular flexibility index (Phi) is 11.1. The van der Waals surface area contributed by atoms with Crippen molar-refractivity contribution in [1.82, 2.24) is 16.0 Å². The minimum atomic E-state index is -1.45. The minimum Gasteiger partial charge on any atom is -0.480 e. The number of aliphatic carboxylic acids is 1. The van der Waals surface area contributed by atoms with Crippen molar-refractivity contribution < 1.29 is 34.2 Å². The second-order valence-electron chi connectivity index (χ2n) is 6.15. The van der Waals surface area contributed by atoms with Crippen molar-refractivity contribution >= 4 is 42.2 Å². The number of nitrogens with two attached hydrogens (primary N) is 2. The maximum atomic E-state index is 12.5. The smallest absolute Gasteiger partial charge is 0.325 e. The van der Waals surface area contributed by atoms with Gasteiger partial charge in [0.25, 0.3) is 0 Å². The number of nitrogens with one attached hydrogen (secondary N) is 3. The third-order valence-electron chi connectivity index (χ3n) is 3.64. The average molecular weight is 421 g/mol. The van der Waals surface area contributed by atoms with E-state index in [-0.39, 0.29) is 18.6 Å². The van der Waals surface area contributed by atoms with E-state index >= 15 is 0 Å². The fourth-order valence-corrected chi connectivity index (χ4v) is 2.11. The van der Waals surface area contributed by atoms with Crippen molar-refractivity contribution in [3.05, 3.63) is 0 Å². The molecule has 0 aliphatic rings. The number of carboxylic acids is 1. The molecule has 0 saturated carbocycles. The molecule has 0 saturated heterocycles. The van der Waals surface area contributed by atoms with Gasteiger partial charge in [-0.2, -0.15) is 12.6 Å². The molecule has 0 spiro atoms. The highest BCUT2D eigenvalue weighted by Gasteiger charge is 2.31. The Bertz CT molecular complexity index is 601. The first-order valence-electron chi connectivity index (χ1n) is 8.37. The van der Waals surface area contributed by atoms with Gasteiger partial charge in [0.05, 0.1) is 12.1 Å². The van der Waals surface area contributed by atoms with Crippen molar-refractivity contribution in [2.45, 2.75) is 57.0 Å². The predicted octanol–water partition coefficient (Wildman–Crippen LogP) is -3.55. The van der Waals surface area contributed by atoms with Crippen molar-refractivity contribution in [3.8, 4) is 0 Å². The molecule has 13 heteroatoms. The Hall–Kier alpha value is -2.38. The molecule has 0 heterocycles. The summed E-state index contributed by atoms with van der Waals surface area (Å²) >= 11 is 3.86. The Morgan fingerprint density at radius 3 is 2.00 bits per heavy atom. The molecule has 0 bridgehead atoms. The van der Waals surface area contributed by atoms with Crippen LogP contribution in [0.15, 0.2) is 0 Å². The normalized spacial score (nSPS) is 16.0. The van der Waals surface area contributed by atoms with Crippen LogP contribution >= 0.6 is 12.6 Å². The summed E-state index contributed by atoms with van der Waals surface area (Å²) in [6, 6.07) is -5.04. The first-order valence-corrected chi connectivity index (χ1v) is 9.00. The van der Waals surface area contributed by atoms with E-state index in [1.807, 2.05) is 0 Å². The van der Waals surface area contributed by atoms with Gasteiger partial charge in [-0.05, 0) is 20.3 Å². The Morgan fingerprint density at radius 1 is 1.00 bits per heavy atom. The van der Waals surface area contributed by atoms with E-state index < -0.39 is 59.9 Å². The number of carboxylic acid groups (broad SMARTS) is 1. The summed E-state index contributed by atoms with van der Waals surface area (Å²) < 4.78 is 0. The Labute approximate surface area is 167 Å². The molecule has 5 unspecified atom stereocenters. The number of carbonyl (C=O) groups excluding carboxylic acids is 4. The highest BCUT2D eigenvalue weighted by molar-refractivity contribution is 7.80. The number of thiol groups is 1. The number of carbonyl (C=O) groups is 5. The fraction of sp³-hybridized carbons (Fsp3) is 0.667. The Morgan fingerprint density at radius 2 is 1.57 bits per heavy atom. The van der Waals surface area contributed by atoms with Crippen LogP contribution in [0.3, 0.4) is 0 Å². The van der Waals surface area contributed by atoms with Gasteiger partial charge in [0.15, 0.2) is 0 Å². The van der Waals surface area contributed by atoms with Crippen LogP contribution in [0.1, 0.15) is 26.7 Å².